The first-order valence-corrected chi connectivity index (χ1v) is 6.65. The minimum absolute atomic E-state index is 0.0178. The second kappa shape index (κ2) is 5.38. The van der Waals surface area contributed by atoms with Crippen LogP contribution in [0, 0.1) is 5.82 Å². The van der Waals surface area contributed by atoms with Crippen molar-refractivity contribution in [1.82, 2.24) is 4.90 Å². The van der Waals surface area contributed by atoms with Gasteiger partial charge in [0.05, 0.1) is 12.6 Å². The molecule has 1 amide bonds. The molecule has 0 aromatic heterocycles. The van der Waals surface area contributed by atoms with E-state index in [-0.39, 0.29) is 13.0 Å². The Labute approximate surface area is 117 Å². The van der Waals surface area contributed by atoms with Gasteiger partial charge < -0.3 is 4.74 Å². The van der Waals surface area contributed by atoms with Crippen LogP contribution in [0.1, 0.15) is 38.8 Å². The number of nitrogens with zero attached hydrogens (tertiary/aromatic N) is 1. The molecule has 1 fully saturated rings. The molecule has 1 aliphatic heterocycles. The molecule has 2 atom stereocenters. The van der Waals surface area contributed by atoms with Crippen LogP contribution < -0.4 is 0 Å². The van der Waals surface area contributed by atoms with Crippen molar-refractivity contribution in [1.29, 1.82) is 0 Å². The third-order valence-corrected chi connectivity index (χ3v) is 3.11. The van der Waals surface area contributed by atoms with Crippen LogP contribution in [0.5, 0.6) is 0 Å². The summed E-state index contributed by atoms with van der Waals surface area (Å²) in [6, 6.07) is 5.44. The number of likely N-dealkylation sites (tertiary alicyclic amines) is 1. The third kappa shape index (κ3) is 3.46. The highest BCUT2D eigenvalue weighted by Gasteiger charge is 2.38. The van der Waals surface area contributed by atoms with Crippen LogP contribution in [0.15, 0.2) is 24.3 Å². The molecule has 5 heteroatoms. The summed E-state index contributed by atoms with van der Waals surface area (Å²) < 4.78 is 32.2. The fraction of sp³-hybridized carbons (Fsp3) is 0.533. The highest BCUT2D eigenvalue weighted by Crippen LogP contribution is 2.34. The van der Waals surface area contributed by atoms with Crippen LogP contribution in [0.25, 0.3) is 0 Å². The van der Waals surface area contributed by atoms with Gasteiger partial charge in [-0.25, -0.2) is 13.6 Å². The lowest BCUT2D eigenvalue weighted by Gasteiger charge is -2.28. The van der Waals surface area contributed by atoms with Crippen LogP contribution in [-0.2, 0) is 4.74 Å². The number of hydrogen-bond acceptors (Lipinski definition) is 2. The summed E-state index contributed by atoms with van der Waals surface area (Å²) >= 11 is 0. The van der Waals surface area contributed by atoms with Crippen molar-refractivity contribution in [3.05, 3.63) is 35.6 Å². The predicted molar refractivity (Wildman–Crippen MR) is 71.6 cm³/mol. The van der Waals surface area contributed by atoms with Crippen molar-refractivity contribution in [2.24, 2.45) is 0 Å². The van der Waals surface area contributed by atoms with Gasteiger partial charge in [0.2, 0.25) is 0 Å². The monoisotopic (exact) mass is 283 g/mol. The van der Waals surface area contributed by atoms with E-state index in [2.05, 4.69) is 0 Å². The van der Waals surface area contributed by atoms with Gasteiger partial charge in [-0.3, -0.25) is 4.90 Å². The van der Waals surface area contributed by atoms with Gasteiger partial charge in [0.15, 0.2) is 0 Å². The second-order valence-electron chi connectivity index (χ2n) is 6.04. The quantitative estimate of drug-likeness (QED) is 0.783. The Morgan fingerprint density at radius 2 is 2.10 bits per heavy atom. The lowest BCUT2D eigenvalue weighted by molar-refractivity contribution is 0.0216. The molecule has 0 spiro atoms. The third-order valence-electron chi connectivity index (χ3n) is 3.11. The number of carbonyl (C=O) groups excluding carboxylic acids is 1. The number of alkyl halides is 1. The standard InChI is InChI=1S/C15H19F2NO2/c1-15(2,3)20-14(19)18-9-12(17)8-13(18)10-5-4-6-11(16)7-10/h4-7,12-13H,8-9H2,1-3H3/t12-,13?/m0/s1. The van der Waals surface area contributed by atoms with Crippen LogP contribution in [0.3, 0.4) is 0 Å². The molecular weight excluding hydrogens is 264 g/mol. The summed E-state index contributed by atoms with van der Waals surface area (Å²) in [4.78, 5) is 13.5. The molecule has 0 N–H and O–H groups in total. The van der Waals surface area contributed by atoms with Crippen LogP contribution in [0.4, 0.5) is 13.6 Å². The van der Waals surface area contributed by atoms with Crippen molar-refractivity contribution in [3.63, 3.8) is 0 Å². The maximum Gasteiger partial charge on any atom is 0.410 e. The summed E-state index contributed by atoms with van der Waals surface area (Å²) in [5.41, 5.74) is -0.0474. The summed E-state index contributed by atoms with van der Waals surface area (Å²) in [5, 5.41) is 0. The van der Waals surface area contributed by atoms with Gasteiger partial charge in [0.1, 0.15) is 17.6 Å². The Kier molecular flexibility index (Phi) is 3.97. The van der Waals surface area contributed by atoms with Crippen LogP contribution in [-0.4, -0.2) is 29.3 Å². The number of rotatable bonds is 1. The molecule has 1 unspecified atom stereocenters. The number of benzene rings is 1. The van der Waals surface area contributed by atoms with Gasteiger partial charge in [-0.1, -0.05) is 12.1 Å². The van der Waals surface area contributed by atoms with Gasteiger partial charge >= 0.3 is 6.09 Å². The summed E-state index contributed by atoms with van der Waals surface area (Å²) in [7, 11) is 0. The topological polar surface area (TPSA) is 29.5 Å². The molecule has 3 nitrogen and oxygen atoms in total. The molecular formula is C15H19F2NO2. The van der Waals surface area contributed by atoms with E-state index in [4.69, 9.17) is 4.74 Å². The highest BCUT2D eigenvalue weighted by atomic mass is 19.1. The fourth-order valence-corrected chi connectivity index (χ4v) is 2.34. The molecule has 1 aromatic carbocycles. The Bertz CT molecular complexity index is 499. The van der Waals surface area contributed by atoms with E-state index in [1.54, 1.807) is 32.9 Å². The number of halogens is 2. The van der Waals surface area contributed by atoms with Crippen molar-refractivity contribution in [3.8, 4) is 0 Å². The number of hydrogen-bond donors (Lipinski definition) is 0. The first-order chi connectivity index (χ1) is 9.26. The summed E-state index contributed by atoms with van der Waals surface area (Å²) in [5.74, 6) is -0.394. The normalized spacial score (nSPS) is 22.9. The van der Waals surface area contributed by atoms with E-state index in [1.165, 1.54) is 17.0 Å². The van der Waals surface area contributed by atoms with E-state index in [0.717, 1.165) is 0 Å². The largest absolute Gasteiger partial charge is 0.444 e. The first kappa shape index (κ1) is 14.8. The molecule has 0 bridgehead atoms. The molecule has 1 heterocycles. The Hall–Kier alpha value is -1.65. The summed E-state index contributed by atoms with van der Waals surface area (Å²) in [6.45, 7) is 5.25. The van der Waals surface area contributed by atoms with Gasteiger partial charge in [-0.05, 0) is 38.5 Å². The minimum atomic E-state index is -1.12. The van der Waals surface area contributed by atoms with Crippen molar-refractivity contribution >= 4 is 6.09 Å². The van der Waals surface area contributed by atoms with Gasteiger partial charge in [0.25, 0.3) is 0 Å². The smallest absolute Gasteiger partial charge is 0.410 e. The number of amides is 1. The Morgan fingerprint density at radius 1 is 1.40 bits per heavy atom. The average Bonchev–Trinajstić information content (AvgIpc) is 2.69. The predicted octanol–water partition coefficient (Wildman–Crippen LogP) is 3.85. The van der Waals surface area contributed by atoms with E-state index < -0.39 is 29.7 Å². The minimum Gasteiger partial charge on any atom is -0.444 e. The lowest BCUT2D eigenvalue weighted by atomic mass is 10.0. The van der Waals surface area contributed by atoms with Crippen molar-refractivity contribution < 1.29 is 18.3 Å². The molecule has 0 aliphatic carbocycles. The van der Waals surface area contributed by atoms with Gasteiger partial charge in [-0.2, -0.15) is 0 Å². The summed E-state index contributed by atoms with van der Waals surface area (Å²) in [6.07, 6.45) is -1.51. The zero-order valence-corrected chi connectivity index (χ0v) is 11.9. The van der Waals surface area contributed by atoms with Crippen LogP contribution in [0.2, 0.25) is 0 Å². The maximum absolute atomic E-state index is 13.7. The van der Waals surface area contributed by atoms with Crippen molar-refractivity contribution in [2.45, 2.75) is 45.0 Å². The number of carbonyl (C=O) groups is 1. The van der Waals surface area contributed by atoms with Crippen molar-refractivity contribution in [2.75, 3.05) is 6.54 Å². The van der Waals surface area contributed by atoms with E-state index >= 15 is 0 Å². The van der Waals surface area contributed by atoms with E-state index in [1.807, 2.05) is 0 Å². The highest BCUT2D eigenvalue weighted by molar-refractivity contribution is 5.69. The van der Waals surface area contributed by atoms with E-state index in [0.29, 0.717) is 5.56 Å². The fourth-order valence-electron chi connectivity index (χ4n) is 2.34. The average molecular weight is 283 g/mol. The first-order valence-electron chi connectivity index (χ1n) is 6.65. The number of ether oxygens (including phenoxy) is 1. The van der Waals surface area contributed by atoms with Gasteiger partial charge in [0, 0.05) is 6.42 Å². The molecule has 0 radical (unpaired) electrons. The van der Waals surface area contributed by atoms with E-state index in [9.17, 15) is 13.6 Å². The molecule has 20 heavy (non-hydrogen) atoms. The Balaban J connectivity index is 2.21. The zero-order valence-electron chi connectivity index (χ0n) is 11.9. The molecule has 1 aromatic rings. The molecule has 2 rings (SSSR count). The lowest BCUT2D eigenvalue weighted by Crippen LogP contribution is -2.37. The maximum atomic E-state index is 13.7. The molecule has 1 saturated heterocycles. The van der Waals surface area contributed by atoms with Gasteiger partial charge in [-0.15, -0.1) is 0 Å². The Morgan fingerprint density at radius 3 is 2.70 bits per heavy atom. The SMILES string of the molecule is CC(C)(C)OC(=O)N1C[C@@H](F)CC1c1cccc(F)c1. The molecule has 1 aliphatic rings. The molecule has 110 valence electrons. The second-order valence-corrected chi connectivity index (χ2v) is 6.04. The zero-order chi connectivity index (χ0) is 14.9. The van der Waals surface area contributed by atoms with Crippen LogP contribution >= 0.6 is 0 Å². The molecule has 0 saturated carbocycles.